The number of benzene rings is 3. The highest BCUT2D eigenvalue weighted by Gasteiger charge is 2.56. The van der Waals surface area contributed by atoms with Gasteiger partial charge in [0.2, 0.25) is 0 Å². The molecule has 6 aliphatic carbocycles. The summed E-state index contributed by atoms with van der Waals surface area (Å²) in [5, 5.41) is 75.9. The molecule has 10 N–H and O–H groups in total. The fourth-order valence-electron chi connectivity index (χ4n) is 17.4. The van der Waals surface area contributed by atoms with Crippen LogP contribution >= 0.6 is 21.6 Å². The Balaban J connectivity index is 0.926. The third-order valence-electron chi connectivity index (χ3n) is 21.5. The van der Waals surface area contributed by atoms with Crippen molar-refractivity contribution < 1.29 is 35.4 Å². The Labute approximate surface area is 488 Å². The first-order valence-electron chi connectivity index (χ1n) is 30.9. The topological polar surface area (TPSA) is 184 Å². The molecule has 0 bridgehead atoms. The number of rotatable bonds is 8. The number of aromatic hydroxyl groups is 1. The van der Waals surface area contributed by atoms with Gasteiger partial charge in [-0.05, 0) is 176 Å². The second kappa shape index (κ2) is 24.6. The van der Waals surface area contributed by atoms with E-state index in [1.165, 1.54) is 47.9 Å². The van der Waals surface area contributed by atoms with Crippen LogP contribution in [-0.2, 0) is 25.7 Å². The van der Waals surface area contributed by atoms with Crippen LogP contribution in [0.1, 0.15) is 136 Å². The van der Waals surface area contributed by atoms with Gasteiger partial charge in [0.05, 0.1) is 18.3 Å². The number of aromatic amines is 1. The summed E-state index contributed by atoms with van der Waals surface area (Å²) in [6, 6.07) is 28.3. The fourth-order valence-corrected chi connectivity index (χ4v) is 19.9. The number of aromatic nitrogens is 1. The maximum atomic E-state index is 12.8. The lowest BCUT2D eigenvalue weighted by atomic mass is 9.48. The molecule has 2 spiro atoms. The lowest BCUT2D eigenvalue weighted by molar-refractivity contribution is -0.0425. The van der Waals surface area contributed by atoms with Crippen LogP contribution < -0.4 is 15.8 Å². The van der Waals surface area contributed by atoms with E-state index >= 15 is 0 Å². The molecule has 4 aromatic rings. The summed E-state index contributed by atoms with van der Waals surface area (Å²) in [6.07, 6.45) is 18.1. The average molecular weight is 1130 g/mol. The molecule has 1 aromatic heterocycles. The number of H-pyrrole nitrogens is 1. The summed E-state index contributed by atoms with van der Waals surface area (Å²) in [5.41, 5.74) is 17.2. The van der Waals surface area contributed by atoms with Crippen LogP contribution in [0.15, 0.2) is 120 Å². The summed E-state index contributed by atoms with van der Waals surface area (Å²) < 4.78 is 7.02. The molecular weight excluding hydrogens is 1050 g/mol. The van der Waals surface area contributed by atoms with Gasteiger partial charge in [0.1, 0.15) is 11.9 Å². The maximum Gasteiger partial charge on any atom is 0.161 e. The van der Waals surface area contributed by atoms with Crippen LogP contribution in [0.4, 0.5) is 0 Å². The van der Waals surface area contributed by atoms with E-state index in [1.807, 2.05) is 24.4 Å². The minimum absolute atomic E-state index is 0.000854. The second-order valence-corrected chi connectivity index (χ2v) is 28.5. The largest absolute Gasteiger partial charge is 0.504 e. The van der Waals surface area contributed by atoms with Crippen molar-refractivity contribution in [2.24, 2.45) is 63.9 Å². The molecule has 3 heterocycles. The number of aliphatic hydroxyl groups is 5. The van der Waals surface area contributed by atoms with E-state index in [0.29, 0.717) is 61.9 Å². The molecule has 0 amide bonds. The van der Waals surface area contributed by atoms with E-state index in [1.54, 1.807) is 21.6 Å². The normalized spacial score (nSPS) is 34.9. The van der Waals surface area contributed by atoms with E-state index in [4.69, 9.17) is 10.5 Å². The van der Waals surface area contributed by atoms with E-state index in [9.17, 15) is 30.6 Å². The lowest BCUT2D eigenvalue weighted by Gasteiger charge is -2.55. The molecule has 10 nitrogen and oxygen atoms in total. The number of allylic oxidation sites excluding steroid dienone is 3. The van der Waals surface area contributed by atoms with Crippen molar-refractivity contribution in [2.75, 3.05) is 31.3 Å². The molecule has 3 aromatic carbocycles. The van der Waals surface area contributed by atoms with Gasteiger partial charge in [0.25, 0.3) is 0 Å². The predicted octanol–water partition coefficient (Wildman–Crippen LogP) is 11.1. The van der Waals surface area contributed by atoms with Gasteiger partial charge in [-0.25, -0.2) is 0 Å². The smallest absolute Gasteiger partial charge is 0.161 e. The molecule has 2 aliphatic heterocycles. The maximum absolute atomic E-state index is 12.8. The molecule has 81 heavy (non-hydrogen) atoms. The van der Waals surface area contributed by atoms with Crippen LogP contribution in [0.5, 0.6) is 11.5 Å². The number of phenols is 1. The number of aliphatic hydroxyl groups excluding tert-OH is 5. The number of ether oxygens (including phenoxy) is 1. The zero-order valence-corrected chi connectivity index (χ0v) is 49.0. The average Bonchev–Trinajstić information content (AvgIpc) is 4.03. The van der Waals surface area contributed by atoms with Gasteiger partial charge in [-0.1, -0.05) is 138 Å². The highest BCUT2D eigenvalue weighted by Crippen LogP contribution is 2.62. The number of hydrogen-bond donors (Lipinski definition) is 9. The number of dihydropyridines is 1. The van der Waals surface area contributed by atoms with Gasteiger partial charge >= 0.3 is 0 Å². The van der Waals surface area contributed by atoms with E-state index in [0.717, 1.165) is 79.3 Å². The quantitative estimate of drug-likeness (QED) is 0.0465. The zero-order valence-electron chi connectivity index (χ0n) is 47.4. The first-order valence-corrected chi connectivity index (χ1v) is 33.4. The van der Waals surface area contributed by atoms with Crippen LogP contribution in [0.25, 0.3) is 0 Å². The van der Waals surface area contributed by atoms with Crippen LogP contribution in [0.3, 0.4) is 0 Å². The molecule has 0 radical (unpaired) electrons. The minimum Gasteiger partial charge on any atom is -0.504 e. The van der Waals surface area contributed by atoms with Crippen LogP contribution in [0, 0.1) is 70.0 Å². The molecule has 432 valence electrons. The molecular formula is C69H87N3O7S2. The number of phenolic OH excluding ortho intramolecular Hbond substituents is 1. The van der Waals surface area contributed by atoms with Crippen molar-refractivity contribution in [3.05, 3.63) is 153 Å². The number of nitrogens with two attached hydrogens (primary N) is 1. The van der Waals surface area contributed by atoms with Crippen molar-refractivity contribution in [3.63, 3.8) is 0 Å². The van der Waals surface area contributed by atoms with Crippen molar-refractivity contribution in [1.82, 2.24) is 10.3 Å². The van der Waals surface area contributed by atoms with Gasteiger partial charge in [0, 0.05) is 83.7 Å². The summed E-state index contributed by atoms with van der Waals surface area (Å²) in [6.45, 7) is 2.68. The van der Waals surface area contributed by atoms with E-state index in [-0.39, 0.29) is 65.6 Å². The Morgan fingerprint density at radius 2 is 1.62 bits per heavy atom. The fraction of sp³-hybridized carbons (Fsp3) is 0.565. The molecule has 12 heteroatoms. The number of hydrogen-bond acceptors (Lipinski definition) is 11. The summed E-state index contributed by atoms with van der Waals surface area (Å²) in [7, 11) is 3.28. The monoisotopic (exact) mass is 1130 g/mol. The van der Waals surface area contributed by atoms with Crippen molar-refractivity contribution >= 4 is 21.6 Å². The SMILES string of the molecule is CC[C@H]1Cc2cc(O)c(O[C@@H]3C[C@H](Cc4ccc[nH]4)C4=CCNC(N)=C4CSSC[C@H](CO)[C@H]3O)cc2[C@H]2C[C@@H](O)[C@H]3[C@H](C#C[C@]4(CCCC[C@@H]3O)C[C@H](c3ccccc3)[C@H]3Cc5ccccc5CC5(CCCC5)C[C@H]3[C@@H]4CO)C=C12. The highest BCUT2D eigenvalue weighted by atomic mass is 33.1. The van der Waals surface area contributed by atoms with Gasteiger partial charge in [0.15, 0.2) is 11.5 Å². The Morgan fingerprint density at radius 1 is 0.815 bits per heavy atom. The Hall–Kier alpha value is -4.58. The molecule has 8 aliphatic rings. The number of fused-ring (bicyclic) bond motifs is 7. The Kier molecular flexibility index (Phi) is 17.2. The highest BCUT2D eigenvalue weighted by molar-refractivity contribution is 8.76. The third kappa shape index (κ3) is 11.5. The molecule has 12 rings (SSSR count). The van der Waals surface area contributed by atoms with Gasteiger partial charge < -0.3 is 51.4 Å². The number of nitrogens with one attached hydrogen (secondary N) is 2. The molecule has 3 fully saturated rings. The molecule has 15 atom stereocenters. The summed E-state index contributed by atoms with van der Waals surface area (Å²) >= 11 is 0. The van der Waals surface area contributed by atoms with Gasteiger partial charge in [-0.3, -0.25) is 0 Å². The molecule has 0 unspecified atom stereocenters. The summed E-state index contributed by atoms with van der Waals surface area (Å²) in [5.74, 6) is 9.40. The van der Waals surface area contributed by atoms with Crippen molar-refractivity contribution in [1.29, 1.82) is 0 Å². The first-order chi connectivity index (χ1) is 39.5. The van der Waals surface area contributed by atoms with Crippen molar-refractivity contribution in [3.8, 4) is 23.3 Å². The van der Waals surface area contributed by atoms with Gasteiger partial charge in [-0.15, -0.1) is 0 Å². The third-order valence-corrected chi connectivity index (χ3v) is 23.9. The van der Waals surface area contributed by atoms with Crippen molar-refractivity contribution in [2.45, 2.75) is 152 Å². The molecule has 1 saturated heterocycles. The van der Waals surface area contributed by atoms with E-state index in [2.05, 4.69) is 102 Å². The first kappa shape index (κ1) is 56.9. The second-order valence-electron chi connectivity index (χ2n) is 26.0. The standard InChI is InChI=1S/C69H87N3O7S2/c1-2-42-27-47-31-61(76)63(79-64-32-48(28-50-17-12-25-71-50)51-20-26-72-67(70)58(51)41-81-80-40-49(38-73)66(64)78)34-53(47)55-33-62(77)65-45(30-52(42)55)19-24-69(23-9-8-18-60(65)75)37-56(43-13-4-3-5-14-43)54-29-44-15-6-7-16-46(44)35-68(21-10-11-22-68)36-57(54)59(69)39-74/h3-7,12-17,20,25,30-31,34,42,45,48-49,54-57,59-60,62,64-66,71-78H,2,8-11,18,21-23,26-29,32-33,35-41,70H2,1H3/t42-,45+,48-,49-,54+,55-,56+,57+,59-,60-,62+,64+,65-,66+,69+/m0/s1. The Morgan fingerprint density at radius 3 is 2.40 bits per heavy atom. The Bertz CT molecular complexity index is 3000. The van der Waals surface area contributed by atoms with Crippen LogP contribution in [0.2, 0.25) is 0 Å². The zero-order chi connectivity index (χ0) is 55.8. The van der Waals surface area contributed by atoms with Gasteiger partial charge in [-0.2, -0.15) is 0 Å². The minimum atomic E-state index is -1.06. The lowest BCUT2D eigenvalue weighted by Crippen LogP contribution is -2.51. The van der Waals surface area contributed by atoms with E-state index < -0.39 is 47.6 Å². The molecule has 2 saturated carbocycles. The van der Waals surface area contributed by atoms with Crippen LogP contribution in [-0.4, -0.2) is 91.3 Å². The summed E-state index contributed by atoms with van der Waals surface area (Å²) in [4.78, 5) is 3.39. The predicted molar refractivity (Wildman–Crippen MR) is 325 cm³/mol.